The molecular formula is C24H28Cl2N2O6S. The maximum Gasteiger partial charge on any atom is 0.410 e. The molecule has 0 radical (unpaired) electrons. The lowest BCUT2D eigenvalue weighted by Gasteiger charge is -2.38. The van der Waals surface area contributed by atoms with Gasteiger partial charge in [0.05, 0.1) is 33.6 Å². The quantitative estimate of drug-likeness (QED) is 0.486. The van der Waals surface area contributed by atoms with E-state index in [1.165, 1.54) is 17.0 Å². The molecule has 1 aliphatic rings. The van der Waals surface area contributed by atoms with Gasteiger partial charge in [-0.1, -0.05) is 29.3 Å². The van der Waals surface area contributed by atoms with E-state index in [0.29, 0.717) is 34.0 Å². The second-order valence-corrected chi connectivity index (χ2v) is 12.2. The van der Waals surface area contributed by atoms with Crippen molar-refractivity contribution in [3.05, 3.63) is 62.6 Å². The van der Waals surface area contributed by atoms with Crippen LogP contribution in [0, 0.1) is 0 Å². The summed E-state index contributed by atoms with van der Waals surface area (Å²) < 4.78 is 31.8. The molecule has 0 spiro atoms. The van der Waals surface area contributed by atoms with Crippen LogP contribution in [0.1, 0.15) is 72.6 Å². The predicted molar refractivity (Wildman–Crippen MR) is 136 cm³/mol. The Labute approximate surface area is 215 Å². The van der Waals surface area contributed by atoms with Crippen LogP contribution >= 0.6 is 23.2 Å². The highest BCUT2D eigenvalue weighted by Crippen LogP contribution is 2.46. The van der Waals surface area contributed by atoms with Crippen molar-refractivity contribution in [1.29, 1.82) is 0 Å². The van der Waals surface area contributed by atoms with Crippen molar-refractivity contribution >= 4 is 51.0 Å². The first-order chi connectivity index (χ1) is 16.1. The fourth-order valence-electron chi connectivity index (χ4n) is 4.26. The molecule has 2 aromatic carbocycles. The molecule has 2 aromatic rings. The van der Waals surface area contributed by atoms with Gasteiger partial charge in [-0.05, 0) is 74.6 Å². The van der Waals surface area contributed by atoms with E-state index in [1.54, 1.807) is 40.0 Å². The van der Waals surface area contributed by atoms with E-state index in [-0.39, 0.29) is 17.2 Å². The number of carboxylic acid groups (broad SMARTS) is 1. The number of carbonyl (C=O) groups excluding carboxylic acids is 1. The molecule has 2 N–H and O–H groups in total. The van der Waals surface area contributed by atoms with Crippen LogP contribution in [-0.2, 0) is 14.8 Å². The van der Waals surface area contributed by atoms with Crippen molar-refractivity contribution < 1.29 is 27.9 Å². The number of benzene rings is 2. The molecule has 0 aliphatic heterocycles. The molecule has 2 atom stereocenters. The molecule has 0 aromatic heterocycles. The second kappa shape index (κ2) is 9.87. The molecule has 0 saturated heterocycles. The smallest absolute Gasteiger partial charge is 0.410 e. The number of anilines is 1. The van der Waals surface area contributed by atoms with Crippen molar-refractivity contribution in [2.75, 3.05) is 18.0 Å². The average Bonchev–Trinajstić information content (AvgIpc) is 2.71. The molecule has 11 heteroatoms. The highest BCUT2D eigenvalue weighted by Gasteiger charge is 2.36. The fourth-order valence-corrected chi connectivity index (χ4v) is 5.13. The maximum atomic E-state index is 12.9. The lowest BCUT2D eigenvalue weighted by molar-refractivity contribution is 0.0202. The van der Waals surface area contributed by atoms with E-state index in [9.17, 15) is 23.1 Å². The zero-order chi connectivity index (χ0) is 26.3. The number of rotatable bonds is 5. The number of ether oxygens (including phenoxy) is 1. The summed E-state index contributed by atoms with van der Waals surface area (Å²) in [5.41, 5.74) is 1.14. The van der Waals surface area contributed by atoms with Crippen LogP contribution in [0.2, 0.25) is 10.0 Å². The largest absolute Gasteiger partial charge is 0.478 e. The lowest BCUT2D eigenvalue weighted by Crippen LogP contribution is -2.38. The van der Waals surface area contributed by atoms with E-state index < -0.39 is 33.7 Å². The van der Waals surface area contributed by atoms with Crippen LogP contribution < -0.4 is 4.72 Å². The van der Waals surface area contributed by atoms with Crippen LogP contribution in [0.3, 0.4) is 0 Å². The number of hydrogen-bond donors (Lipinski definition) is 2. The minimum absolute atomic E-state index is 0.0730. The molecule has 8 nitrogen and oxygen atoms in total. The SMILES string of the molecule is CN(C(=O)OC(C)(C)C)[C@H]1CCC(c2ccc(Cl)c(Cl)c2)c2cc(C(=O)O)c(NS(C)(=O)=O)cc21. The van der Waals surface area contributed by atoms with Crippen molar-refractivity contribution in [3.63, 3.8) is 0 Å². The molecule has 1 amide bonds. The molecule has 1 aliphatic carbocycles. The van der Waals surface area contributed by atoms with E-state index in [2.05, 4.69) is 4.72 Å². The molecule has 3 rings (SSSR count). The van der Waals surface area contributed by atoms with Crippen LogP contribution in [0.25, 0.3) is 0 Å². The first-order valence-electron chi connectivity index (χ1n) is 10.9. The Morgan fingerprint density at radius 3 is 2.29 bits per heavy atom. The van der Waals surface area contributed by atoms with Crippen LogP contribution in [0.15, 0.2) is 30.3 Å². The number of fused-ring (bicyclic) bond motifs is 1. The highest BCUT2D eigenvalue weighted by atomic mass is 35.5. The van der Waals surface area contributed by atoms with Gasteiger partial charge in [-0.25, -0.2) is 18.0 Å². The van der Waals surface area contributed by atoms with E-state index in [0.717, 1.165) is 11.8 Å². The average molecular weight is 543 g/mol. The molecule has 0 heterocycles. The van der Waals surface area contributed by atoms with Gasteiger partial charge in [0, 0.05) is 13.0 Å². The normalized spacial score (nSPS) is 17.9. The van der Waals surface area contributed by atoms with Crippen molar-refractivity contribution in [2.24, 2.45) is 0 Å². The summed E-state index contributed by atoms with van der Waals surface area (Å²) in [5.74, 6) is -1.53. The standard InChI is InChI=1S/C24H28Cl2N2O6S/c1-24(2,3)34-23(31)28(4)21-9-7-14(13-6-8-18(25)19(26)10-13)15-11-17(22(29)30)20(12-16(15)21)27-35(5,32)33/h6,8,10-12,14,21,27H,7,9H2,1-5H3,(H,29,30)/t14?,21-/m0/s1. The van der Waals surface area contributed by atoms with Gasteiger partial charge in [-0.2, -0.15) is 0 Å². The van der Waals surface area contributed by atoms with Crippen molar-refractivity contribution in [1.82, 2.24) is 4.90 Å². The van der Waals surface area contributed by atoms with Gasteiger partial charge in [-0.15, -0.1) is 0 Å². The third-order valence-corrected chi connectivity index (χ3v) is 7.04. The van der Waals surface area contributed by atoms with Crippen molar-refractivity contribution in [3.8, 4) is 0 Å². The van der Waals surface area contributed by atoms with Gasteiger partial charge in [0.2, 0.25) is 10.0 Å². The Morgan fingerprint density at radius 1 is 1.09 bits per heavy atom. The van der Waals surface area contributed by atoms with Crippen LogP contribution in [0.4, 0.5) is 10.5 Å². The third-order valence-electron chi connectivity index (χ3n) is 5.71. The van der Waals surface area contributed by atoms with E-state index in [4.69, 9.17) is 27.9 Å². The van der Waals surface area contributed by atoms with Crippen LogP contribution in [0.5, 0.6) is 0 Å². The predicted octanol–water partition coefficient (Wildman–Crippen LogP) is 5.90. The molecule has 0 fully saturated rings. The van der Waals surface area contributed by atoms with Crippen LogP contribution in [-0.4, -0.2) is 49.4 Å². The summed E-state index contributed by atoms with van der Waals surface area (Å²) in [6, 6.07) is 7.72. The molecule has 0 bridgehead atoms. The molecule has 1 unspecified atom stereocenters. The Balaban J connectivity index is 2.20. The lowest BCUT2D eigenvalue weighted by atomic mass is 9.75. The first kappa shape index (κ1) is 27.1. The molecule has 0 saturated carbocycles. The number of aromatic carboxylic acids is 1. The topological polar surface area (TPSA) is 113 Å². The Bertz CT molecular complexity index is 1270. The highest BCUT2D eigenvalue weighted by molar-refractivity contribution is 7.92. The number of carbonyl (C=O) groups is 2. The monoisotopic (exact) mass is 542 g/mol. The van der Waals surface area contributed by atoms with E-state index >= 15 is 0 Å². The van der Waals surface area contributed by atoms with Gasteiger partial charge in [0.25, 0.3) is 0 Å². The summed E-state index contributed by atoms with van der Waals surface area (Å²) in [4.78, 5) is 26.4. The summed E-state index contributed by atoms with van der Waals surface area (Å²) in [7, 11) is -2.16. The Kier molecular flexibility index (Phi) is 7.64. The summed E-state index contributed by atoms with van der Waals surface area (Å²) in [5, 5.41) is 10.6. The number of halogens is 2. The van der Waals surface area contributed by atoms with Gasteiger partial charge in [0.15, 0.2) is 0 Å². The minimum atomic E-state index is -3.76. The van der Waals surface area contributed by atoms with Gasteiger partial charge in [0.1, 0.15) is 5.60 Å². The summed E-state index contributed by atoms with van der Waals surface area (Å²) in [6.07, 6.45) is 1.52. The maximum absolute atomic E-state index is 12.9. The Hall–Kier alpha value is -2.49. The fraction of sp³-hybridized carbons (Fsp3) is 0.417. The number of carboxylic acids is 1. The third kappa shape index (κ3) is 6.39. The summed E-state index contributed by atoms with van der Waals surface area (Å²) in [6.45, 7) is 5.30. The zero-order valence-electron chi connectivity index (χ0n) is 20.1. The molecular weight excluding hydrogens is 515 g/mol. The number of nitrogens with one attached hydrogen (secondary N) is 1. The molecule has 35 heavy (non-hydrogen) atoms. The minimum Gasteiger partial charge on any atom is -0.478 e. The van der Waals surface area contributed by atoms with Crippen molar-refractivity contribution in [2.45, 2.75) is 51.2 Å². The van der Waals surface area contributed by atoms with E-state index in [1.807, 2.05) is 6.07 Å². The van der Waals surface area contributed by atoms with Gasteiger partial charge in [-0.3, -0.25) is 4.72 Å². The van der Waals surface area contributed by atoms with Gasteiger partial charge < -0.3 is 14.7 Å². The first-order valence-corrected chi connectivity index (χ1v) is 13.5. The number of hydrogen-bond acceptors (Lipinski definition) is 5. The van der Waals surface area contributed by atoms with Gasteiger partial charge >= 0.3 is 12.1 Å². The second-order valence-electron chi connectivity index (χ2n) is 9.62. The summed E-state index contributed by atoms with van der Waals surface area (Å²) >= 11 is 12.3. The zero-order valence-corrected chi connectivity index (χ0v) is 22.4. The molecule has 190 valence electrons. The number of sulfonamides is 1. The number of nitrogens with zero attached hydrogens (tertiary/aromatic N) is 1. The Morgan fingerprint density at radius 2 is 1.74 bits per heavy atom. The number of amides is 1.